The molecule has 0 saturated heterocycles. The first-order valence-corrected chi connectivity index (χ1v) is 10.3. The van der Waals surface area contributed by atoms with E-state index in [-0.39, 0.29) is 0 Å². The van der Waals surface area contributed by atoms with Gasteiger partial charge in [-0.1, -0.05) is 31.2 Å². The fraction of sp³-hybridized carbons (Fsp3) is 0.500. The number of aliphatic imine (C=N–C) groups is 1. The van der Waals surface area contributed by atoms with Crippen LogP contribution in [0.25, 0.3) is 0 Å². The van der Waals surface area contributed by atoms with Gasteiger partial charge >= 0.3 is 0 Å². The number of thiazole rings is 1. The molecule has 1 aromatic heterocycles. The van der Waals surface area contributed by atoms with Crippen molar-refractivity contribution in [2.24, 2.45) is 4.99 Å². The van der Waals surface area contributed by atoms with E-state index in [1.165, 1.54) is 21.0 Å². The minimum atomic E-state index is 0.855. The van der Waals surface area contributed by atoms with Crippen molar-refractivity contribution in [2.45, 2.75) is 32.7 Å². The fourth-order valence-electron chi connectivity index (χ4n) is 3.21. The normalized spacial score (nSPS) is 14.9. The summed E-state index contributed by atoms with van der Waals surface area (Å²) < 4.78 is 0. The summed E-state index contributed by atoms with van der Waals surface area (Å²) in [5.74, 6) is 0.870. The van der Waals surface area contributed by atoms with E-state index in [9.17, 15) is 0 Å². The van der Waals surface area contributed by atoms with Crippen molar-refractivity contribution in [1.82, 2.24) is 20.5 Å². The summed E-state index contributed by atoms with van der Waals surface area (Å²) in [6.07, 6.45) is 5.14. The lowest BCUT2D eigenvalue weighted by Gasteiger charge is -2.28. The summed E-state index contributed by atoms with van der Waals surface area (Å²) in [5, 5.41) is 8.00. The van der Waals surface area contributed by atoms with Gasteiger partial charge in [-0.3, -0.25) is 9.89 Å². The Morgan fingerprint density at radius 3 is 2.81 bits per heavy atom. The smallest absolute Gasteiger partial charge is 0.191 e. The fourth-order valence-corrected chi connectivity index (χ4v) is 4.07. The summed E-state index contributed by atoms with van der Waals surface area (Å²) in [6.45, 7) is 7.14. The molecule has 140 valence electrons. The molecule has 1 aliphatic heterocycles. The van der Waals surface area contributed by atoms with E-state index >= 15 is 0 Å². The Labute approximate surface area is 160 Å². The van der Waals surface area contributed by atoms with Gasteiger partial charge in [0, 0.05) is 57.3 Å². The third-order valence-corrected chi connectivity index (χ3v) is 5.94. The second kappa shape index (κ2) is 9.69. The van der Waals surface area contributed by atoms with Crippen LogP contribution in [0.3, 0.4) is 0 Å². The zero-order chi connectivity index (χ0) is 18.2. The van der Waals surface area contributed by atoms with Crippen LogP contribution in [0.15, 0.2) is 35.5 Å². The molecule has 2 aromatic rings. The van der Waals surface area contributed by atoms with Crippen LogP contribution in [0.2, 0.25) is 0 Å². The molecule has 0 saturated carbocycles. The Bertz CT molecular complexity index is 724. The monoisotopic (exact) mass is 371 g/mol. The van der Waals surface area contributed by atoms with Gasteiger partial charge in [0.25, 0.3) is 0 Å². The van der Waals surface area contributed by atoms with E-state index in [0.717, 1.165) is 57.9 Å². The molecule has 0 amide bonds. The van der Waals surface area contributed by atoms with E-state index < -0.39 is 0 Å². The Balaban J connectivity index is 1.35. The van der Waals surface area contributed by atoms with Gasteiger partial charge in [-0.15, -0.1) is 11.3 Å². The number of benzene rings is 1. The molecule has 2 N–H and O–H groups in total. The van der Waals surface area contributed by atoms with Gasteiger partial charge in [0.05, 0.1) is 5.01 Å². The molecule has 0 spiro atoms. The highest BCUT2D eigenvalue weighted by atomic mass is 32.1. The number of hydrogen-bond donors (Lipinski definition) is 2. The molecule has 26 heavy (non-hydrogen) atoms. The maximum atomic E-state index is 4.46. The summed E-state index contributed by atoms with van der Waals surface area (Å²) in [5.41, 5.74) is 2.97. The van der Waals surface area contributed by atoms with Crippen molar-refractivity contribution >= 4 is 17.3 Å². The first-order chi connectivity index (χ1) is 12.8. The second-order valence-electron chi connectivity index (χ2n) is 6.54. The van der Waals surface area contributed by atoms with E-state index in [0.29, 0.717) is 0 Å². The van der Waals surface area contributed by atoms with Crippen molar-refractivity contribution < 1.29 is 0 Å². The summed E-state index contributed by atoms with van der Waals surface area (Å²) in [7, 11) is 1.82. The van der Waals surface area contributed by atoms with Crippen molar-refractivity contribution in [3.05, 3.63) is 51.5 Å². The van der Waals surface area contributed by atoms with Crippen LogP contribution in [0.4, 0.5) is 0 Å². The van der Waals surface area contributed by atoms with Gasteiger partial charge in [0.2, 0.25) is 0 Å². The molecule has 1 aromatic carbocycles. The molecule has 3 rings (SSSR count). The average molecular weight is 372 g/mol. The number of hydrogen-bond acceptors (Lipinski definition) is 4. The van der Waals surface area contributed by atoms with Gasteiger partial charge in [-0.25, -0.2) is 4.98 Å². The van der Waals surface area contributed by atoms with Gasteiger partial charge < -0.3 is 10.6 Å². The van der Waals surface area contributed by atoms with Crippen LogP contribution in [-0.4, -0.2) is 49.1 Å². The topological polar surface area (TPSA) is 52.6 Å². The molecule has 0 bridgehead atoms. The molecule has 5 nitrogen and oxygen atoms in total. The van der Waals surface area contributed by atoms with Crippen LogP contribution in [0.1, 0.15) is 27.9 Å². The number of aromatic nitrogens is 1. The summed E-state index contributed by atoms with van der Waals surface area (Å²) >= 11 is 1.81. The summed E-state index contributed by atoms with van der Waals surface area (Å²) in [6, 6.07) is 8.78. The lowest BCUT2D eigenvalue weighted by molar-refractivity contribution is 0.258. The summed E-state index contributed by atoms with van der Waals surface area (Å²) in [4.78, 5) is 12.6. The lowest BCUT2D eigenvalue weighted by atomic mass is 10.00. The van der Waals surface area contributed by atoms with Gasteiger partial charge in [-0.05, 0) is 24.0 Å². The molecule has 1 aliphatic rings. The van der Waals surface area contributed by atoms with E-state index in [1.54, 1.807) is 11.3 Å². The SMILES string of the molecule is CCc1cnc(CCNC(=NC)NCCN2CCc3ccccc3C2)s1. The van der Waals surface area contributed by atoms with Gasteiger partial charge in [0.1, 0.15) is 0 Å². The number of nitrogens with one attached hydrogen (secondary N) is 2. The first-order valence-electron chi connectivity index (χ1n) is 9.45. The maximum Gasteiger partial charge on any atom is 0.191 e. The molecular formula is C20H29N5S. The number of fused-ring (bicyclic) bond motifs is 1. The standard InChI is InChI=1S/C20H29N5S/c1-3-18-14-24-19(26-18)8-10-22-20(21-2)23-11-13-25-12-9-16-6-4-5-7-17(16)15-25/h4-7,14H,3,8-13,15H2,1-2H3,(H2,21,22,23). The van der Waals surface area contributed by atoms with Crippen molar-refractivity contribution in [1.29, 1.82) is 0 Å². The molecule has 0 atom stereocenters. The van der Waals surface area contributed by atoms with Crippen LogP contribution >= 0.6 is 11.3 Å². The average Bonchev–Trinajstić information content (AvgIpc) is 3.14. The molecule has 0 radical (unpaired) electrons. The van der Waals surface area contributed by atoms with E-state index in [2.05, 4.69) is 56.7 Å². The molecule has 0 fully saturated rings. The zero-order valence-electron chi connectivity index (χ0n) is 15.8. The molecule has 0 unspecified atom stereocenters. The quantitative estimate of drug-likeness (QED) is 0.580. The predicted octanol–water partition coefficient (Wildman–Crippen LogP) is 2.47. The van der Waals surface area contributed by atoms with Crippen LogP contribution in [0, 0.1) is 0 Å². The number of guanidine groups is 1. The van der Waals surface area contributed by atoms with Crippen LogP contribution < -0.4 is 10.6 Å². The lowest BCUT2D eigenvalue weighted by Crippen LogP contribution is -2.43. The van der Waals surface area contributed by atoms with Crippen molar-refractivity contribution in [2.75, 3.05) is 33.2 Å². The first kappa shape index (κ1) is 18.9. The maximum absolute atomic E-state index is 4.46. The van der Waals surface area contributed by atoms with Crippen molar-refractivity contribution in [3.63, 3.8) is 0 Å². The predicted molar refractivity (Wildman–Crippen MR) is 110 cm³/mol. The molecular weight excluding hydrogens is 342 g/mol. The molecule has 6 heteroatoms. The van der Waals surface area contributed by atoms with Crippen LogP contribution in [0.5, 0.6) is 0 Å². The van der Waals surface area contributed by atoms with E-state index in [4.69, 9.17) is 0 Å². The second-order valence-corrected chi connectivity index (χ2v) is 7.74. The Hall–Kier alpha value is -1.92. The Kier molecular flexibility index (Phi) is 7.03. The third-order valence-electron chi connectivity index (χ3n) is 4.74. The highest BCUT2D eigenvalue weighted by Crippen LogP contribution is 2.17. The molecule has 2 heterocycles. The minimum absolute atomic E-state index is 0.855. The third kappa shape index (κ3) is 5.29. The molecule has 0 aliphatic carbocycles. The number of aryl methyl sites for hydroxylation is 1. The Morgan fingerprint density at radius 2 is 2.04 bits per heavy atom. The van der Waals surface area contributed by atoms with Crippen LogP contribution in [-0.2, 0) is 25.8 Å². The Morgan fingerprint density at radius 1 is 1.23 bits per heavy atom. The highest BCUT2D eigenvalue weighted by Gasteiger charge is 2.15. The van der Waals surface area contributed by atoms with Crippen molar-refractivity contribution in [3.8, 4) is 0 Å². The van der Waals surface area contributed by atoms with Gasteiger partial charge in [0.15, 0.2) is 5.96 Å². The minimum Gasteiger partial charge on any atom is -0.356 e. The largest absolute Gasteiger partial charge is 0.356 e. The number of nitrogens with zero attached hydrogens (tertiary/aromatic N) is 3. The van der Waals surface area contributed by atoms with Gasteiger partial charge in [-0.2, -0.15) is 0 Å². The zero-order valence-corrected chi connectivity index (χ0v) is 16.6. The highest BCUT2D eigenvalue weighted by molar-refractivity contribution is 7.11. The van der Waals surface area contributed by atoms with E-state index in [1.807, 2.05) is 13.2 Å². The number of rotatable bonds is 7.